The fourth-order valence-electron chi connectivity index (χ4n) is 2.00. The number of likely N-dealkylation sites (tertiary alicyclic amines) is 1. The first kappa shape index (κ1) is 13.2. The summed E-state index contributed by atoms with van der Waals surface area (Å²) in [7, 11) is 0. The Kier molecular flexibility index (Phi) is 3.82. The first-order valence-corrected chi connectivity index (χ1v) is 6.56. The van der Waals surface area contributed by atoms with E-state index in [2.05, 4.69) is 15.9 Å². The van der Waals surface area contributed by atoms with Crippen molar-refractivity contribution in [3.63, 3.8) is 0 Å². The second-order valence-corrected chi connectivity index (χ2v) is 5.43. The third-order valence-electron chi connectivity index (χ3n) is 3.08. The van der Waals surface area contributed by atoms with E-state index in [0.29, 0.717) is 5.56 Å². The number of amides is 2. The molecule has 1 aromatic rings. The Balaban J connectivity index is 2.07. The molecule has 4 nitrogen and oxygen atoms in total. The van der Waals surface area contributed by atoms with E-state index in [-0.39, 0.29) is 30.7 Å². The van der Waals surface area contributed by atoms with Gasteiger partial charge in [0.15, 0.2) is 0 Å². The summed E-state index contributed by atoms with van der Waals surface area (Å²) in [5.74, 6) is -0.672. The number of benzene rings is 1. The predicted octanol–water partition coefficient (Wildman–Crippen LogP) is 1.88. The largest absolute Gasteiger partial charge is 0.387 e. The van der Waals surface area contributed by atoms with Crippen LogP contribution in [0.15, 0.2) is 28.7 Å². The van der Waals surface area contributed by atoms with Crippen LogP contribution in [0.5, 0.6) is 0 Å². The van der Waals surface area contributed by atoms with Gasteiger partial charge in [-0.15, -0.1) is 0 Å². The van der Waals surface area contributed by atoms with Crippen LogP contribution in [-0.4, -0.2) is 28.4 Å². The van der Waals surface area contributed by atoms with Crippen molar-refractivity contribution in [1.82, 2.24) is 4.90 Å². The van der Waals surface area contributed by atoms with Gasteiger partial charge in [0.25, 0.3) is 0 Å². The Labute approximate surface area is 114 Å². The lowest BCUT2D eigenvalue weighted by atomic mass is 10.1. The molecule has 1 fully saturated rings. The third kappa shape index (κ3) is 2.62. The Bertz CT molecular complexity index is 472. The van der Waals surface area contributed by atoms with Gasteiger partial charge in [-0.2, -0.15) is 0 Å². The van der Waals surface area contributed by atoms with Crippen LogP contribution >= 0.6 is 15.9 Å². The number of aliphatic hydroxyl groups is 1. The van der Waals surface area contributed by atoms with Gasteiger partial charge < -0.3 is 5.11 Å². The highest BCUT2D eigenvalue weighted by atomic mass is 79.9. The summed E-state index contributed by atoms with van der Waals surface area (Å²) < 4.78 is 0.917. The van der Waals surface area contributed by atoms with E-state index in [1.165, 1.54) is 0 Å². The van der Waals surface area contributed by atoms with Gasteiger partial charge in [0.05, 0.1) is 12.6 Å². The smallest absolute Gasteiger partial charge is 0.232 e. The molecule has 1 saturated heterocycles. The maximum Gasteiger partial charge on any atom is 0.232 e. The first-order valence-electron chi connectivity index (χ1n) is 5.76. The third-order valence-corrected chi connectivity index (χ3v) is 3.61. The molecule has 0 unspecified atom stereocenters. The minimum Gasteiger partial charge on any atom is -0.387 e. The highest BCUT2D eigenvalue weighted by Gasteiger charge is 2.36. The molecule has 0 aromatic heterocycles. The molecule has 18 heavy (non-hydrogen) atoms. The Morgan fingerprint density at radius 2 is 2.00 bits per heavy atom. The van der Waals surface area contributed by atoms with Crippen LogP contribution in [-0.2, 0) is 9.59 Å². The maximum atomic E-state index is 11.7. The minimum atomic E-state index is -0.837. The van der Waals surface area contributed by atoms with E-state index in [4.69, 9.17) is 0 Å². The molecule has 0 bridgehead atoms. The van der Waals surface area contributed by atoms with Gasteiger partial charge in [-0.3, -0.25) is 14.5 Å². The van der Waals surface area contributed by atoms with Crippen molar-refractivity contribution in [3.05, 3.63) is 34.3 Å². The lowest BCUT2D eigenvalue weighted by Gasteiger charge is -2.19. The van der Waals surface area contributed by atoms with E-state index in [0.717, 1.165) is 9.37 Å². The summed E-state index contributed by atoms with van der Waals surface area (Å²) in [6, 6.07) is 7.16. The fraction of sp³-hybridized carbons (Fsp3) is 0.385. The molecule has 1 heterocycles. The van der Waals surface area contributed by atoms with Crippen LogP contribution in [0.1, 0.15) is 25.0 Å². The molecule has 2 amide bonds. The molecule has 1 aliphatic heterocycles. The zero-order chi connectivity index (χ0) is 13.3. The zero-order valence-corrected chi connectivity index (χ0v) is 11.6. The highest BCUT2D eigenvalue weighted by Crippen LogP contribution is 2.23. The van der Waals surface area contributed by atoms with Crippen LogP contribution in [0.4, 0.5) is 0 Å². The molecular weight excluding hydrogens is 298 g/mol. The van der Waals surface area contributed by atoms with E-state index in [1.807, 2.05) is 12.1 Å². The second kappa shape index (κ2) is 5.20. The van der Waals surface area contributed by atoms with E-state index in [1.54, 1.807) is 19.1 Å². The number of carbonyl (C=O) groups is 2. The van der Waals surface area contributed by atoms with Crippen molar-refractivity contribution in [3.8, 4) is 0 Å². The summed E-state index contributed by atoms with van der Waals surface area (Å²) in [5.41, 5.74) is 0.693. The SMILES string of the molecule is C[C@@H]1CC(=O)N(C[C@H](O)c2ccc(Br)cc2)C1=O. The van der Waals surface area contributed by atoms with Crippen LogP contribution in [0.2, 0.25) is 0 Å². The van der Waals surface area contributed by atoms with Gasteiger partial charge in [0.1, 0.15) is 0 Å². The van der Waals surface area contributed by atoms with Crippen molar-refractivity contribution < 1.29 is 14.7 Å². The van der Waals surface area contributed by atoms with Crippen molar-refractivity contribution in [2.45, 2.75) is 19.4 Å². The van der Waals surface area contributed by atoms with E-state index in [9.17, 15) is 14.7 Å². The van der Waals surface area contributed by atoms with Gasteiger partial charge in [0.2, 0.25) is 11.8 Å². The van der Waals surface area contributed by atoms with Gasteiger partial charge in [0, 0.05) is 16.8 Å². The summed E-state index contributed by atoms with van der Waals surface area (Å²) in [6.07, 6.45) is -0.595. The average Bonchev–Trinajstić information content (AvgIpc) is 2.57. The zero-order valence-electron chi connectivity index (χ0n) is 9.97. The number of nitrogens with zero attached hydrogens (tertiary/aromatic N) is 1. The molecule has 0 aliphatic carbocycles. The molecule has 0 saturated carbocycles. The van der Waals surface area contributed by atoms with Crippen molar-refractivity contribution in [2.24, 2.45) is 5.92 Å². The summed E-state index contributed by atoms with van der Waals surface area (Å²) in [6.45, 7) is 1.76. The maximum absolute atomic E-state index is 11.7. The predicted molar refractivity (Wildman–Crippen MR) is 69.6 cm³/mol. The van der Waals surface area contributed by atoms with Crippen molar-refractivity contribution in [2.75, 3.05) is 6.54 Å². The summed E-state index contributed by atoms with van der Waals surface area (Å²) in [5, 5.41) is 10.0. The fourth-order valence-corrected chi connectivity index (χ4v) is 2.27. The Morgan fingerprint density at radius 3 is 2.50 bits per heavy atom. The average molecular weight is 312 g/mol. The normalized spacial score (nSPS) is 21.5. The van der Waals surface area contributed by atoms with Gasteiger partial charge in [-0.05, 0) is 17.7 Å². The number of imide groups is 1. The molecule has 2 atom stereocenters. The standard InChI is InChI=1S/C13H14BrNO3/c1-8-6-12(17)15(13(8)18)7-11(16)9-2-4-10(14)5-3-9/h2-5,8,11,16H,6-7H2,1H3/t8-,11+/m1/s1. The van der Waals surface area contributed by atoms with E-state index >= 15 is 0 Å². The molecular formula is C13H14BrNO3. The molecule has 1 aliphatic rings. The molecule has 0 radical (unpaired) electrons. The van der Waals surface area contributed by atoms with Crippen LogP contribution in [0, 0.1) is 5.92 Å². The number of rotatable bonds is 3. The molecule has 2 rings (SSSR count). The Morgan fingerprint density at radius 1 is 1.39 bits per heavy atom. The van der Waals surface area contributed by atoms with Crippen LogP contribution < -0.4 is 0 Å². The minimum absolute atomic E-state index is 0.0314. The first-order chi connectivity index (χ1) is 8.49. The highest BCUT2D eigenvalue weighted by molar-refractivity contribution is 9.10. The number of β-amino-alcohol motifs (C(OH)–C–C–N with tert-alkyl or cyclic N) is 1. The van der Waals surface area contributed by atoms with E-state index < -0.39 is 6.10 Å². The van der Waals surface area contributed by atoms with Crippen molar-refractivity contribution >= 4 is 27.7 Å². The number of carbonyl (C=O) groups excluding carboxylic acids is 2. The molecule has 5 heteroatoms. The van der Waals surface area contributed by atoms with Crippen LogP contribution in [0.3, 0.4) is 0 Å². The number of aliphatic hydroxyl groups excluding tert-OH is 1. The van der Waals surface area contributed by atoms with Crippen LogP contribution in [0.25, 0.3) is 0 Å². The van der Waals surface area contributed by atoms with Gasteiger partial charge in [-0.1, -0.05) is 35.0 Å². The molecule has 96 valence electrons. The number of hydrogen-bond donors (Lipinski definition) is 1. The number of hydrogen-bond acceptors (Lipinski definition) is 3. The van der Waals surface area contributed by atoms with Gasteiger partial charge in [-0.25, -0.2) is 0 Å². The quantitative estimate of drug-likeness (QED) is 0.867. The van der Waals surface area contributed by atoms with Crippen molar-refractivity contribution in [1.29, 1.82) is 0 Å². The van der Waals surface area contributed by atoms with Gasteiger partial charge >= 0.3 is 0 Å². The molecule has 1 aromatic carbocycles. The monoisotopic (exact) mass is 311 g/mol. The second-order valence-electron chi connectivity index (χ2n) is 4.52. The molecule has 1 N–H and O–H groups in total. The lowest BCUT2D eigenvalue weighted by Crippen LogP contribution is -2.34. The summed E-state index contributed by atoms with van der Waals surface area (Å²) in [4.78, 5) is 24.5. The molecule has 0 spiro atoms. The topological polar surface area (TPSA) is 57.6 Å². The Hall–Kier alpha value is -1.20. The lowest BCUT2D eigenvalue weighted by molar-refractivity contribution is -0.140. The number of halogens is 1. The summed E-state index contributed by atoms with van der Waals surface area (Å²) >= 11 is 3.31.